The summed E-state index contributed by atoms with van der Waals surface area (Å²) in [4.78, 5) is 0. The largest absolute Gasteiger partial charge is 0.354 e. The predicted octanol–water partition coefficient (Wildman–Crippen LogP) is 3.85. The maximum absolute atomic E-state index is 4.44. The molecule has 0 aliphatic heterocycles. The van der Waals surface area contributed by atoms with Gasteiger partial charge in [0, 0.05) is 5.69 Å². The van der Waals surface area contributed by atoms with Gasteiger partial charge in [-0.25, -0.2) is 0 Å². The standard InChI is InChI=1S/C15H15N2/c1-2-12-16-14-10-6-7-11-15(14)17-13-8-4-3-5-9-13/h2-11,17H,1,12H2. The molecule has 0 fully saturated rings. The van der Waals surface area contributed by atoms with Crippen LogP contribution in [0.3, 0.4) is 0 Å². The average Bonchev–Trinajstić information content (AvgIpc) is 2.39. The van der Waals surface area contributed by atoms with Gasteiger partial charge in [-0.15, -0.1) is 6.58 Å². The number of benzene rings is 2. The quantitative estimate of drug-likeness (QED) is 0.765. The van der Waals surface area contributed by atoms with Crippen molar-refractivity contribution in [3.63, 3.8) is 0 Å². The molecule has 0 bridgehead atoms. The van der Waals surface area contributed by atoms with Gasteiger partial charge in [0.05, 0.1) is 17.9 Å². The van der Waals surface area contributed by atoms with Crippen LogP contribution in [-0.2, 0) is 0 Å². The lowest BCUT2D eigenvalue weighted by molar-refractivity contribution is 0.981. The Kier molecular flexibility index (Phi) is 3.81. The van der Waals surface area contributed by atoms with Gasteiger partial charge in [0.15, 0.2) is 0 Å². The van der Waals surface area contributed by atoms with E-state index in [1.54, 1.807) is 6.08 Å². The van der Waals surface area contributed by atoms with E-state index < -0.39 is 0 Å². The highest BCUT2D eigenvalue weighted by Crippen LogP contribution is 2.24. The Bertz CT molecular complexity index is 477. The summed E-state index contributed by atoms with van der Waals surface area (Å²) in [5.41, 5.74) is 3.03. The second-order valence-corrected chi connectivity index (χ2v) is 3.64. The van der Waals surface area contributed by atoms with Crippen molar-refractivity contribution in [1.29, 1.82) is 0 Å². The van der Waals surface area contributed by atoms with Gasteiger partial charge in [-0.3, -0.25) is 5.32 Å². The lowest BCUT2D eigenvalue weighted by Gasteiger charge is -2.11. The van der Waals surface area contributed by atoms with E-state index >= 15 is 0 Å². The Morgan fingerprint density at radius 2 is 1.71 bits per heavy atom. The summed E-state index contributed by atoms with van der Waals surface area (Å²) in [6.07, 6.45) is 1.79. The highest BCUT2D eigenvalue weighted by Gasteiger charge is 2.01. The summed E-state index contributed by atoms with van der Waals surface area (Å²) in [6, 6.07) is 18.1. The summed E-state index contributed by atoms with van der Waals surface area (Å²) in [5, 5.41) is 7.79. The summed E-state index contributed by atoms with van der Waals surface area (Å²) >= 11 is 0. The zero-order valence-electron chi connectivity index (χ0n) is 9.63. The molecular weight excluding hydrogens is 208 g/mol. The molecule has 17 heavy (non-hydrogen) atoms. The number of hydrogen-bond donors (Lipinski definition) is 1. The minimum Gasteiger partial charge on any atom is -0.354 e. The first-order chi connectivity index (χ1) is 8.40. The fourth-order valence-electron chi connectivity index (χ4n) is 1.56. The molecule has 0 heterocycles. The minimum absolute atomic E-state index is 0.632. The maximum Gasteiger partial charge on any atom is 0.0812 e. The van der Waals surface area contributed by atoms with Gasteiger partial charge < -0.3 is 5.32 Å². The van der Waals surface area contributed by atoms with E-state index in [9.17, 15) is 0 Å². The molecular formula is C15H15N2. The number of para-hydroxylation sites is 3. The molecule has 2 heteroatoms. The Morgan fingerprint density at radius 1 is 1.00 bits per heavy atom. The normalized spacial score (nSPS) is 9.65. The molecule has 2 rings (SSSR count). The molecule has 0 aliphatic rings. The predicted molar refractivity (Wildman–Crippen MR) is 73.0 cm³/mol. The van der Waals surface area contributed by atoms with Crippen molar-refractivity contribution >= 4 is 17.1 Å². The van der Waals surface area contributed by atoms with E-state index in [1.807, 2.05) is 54.6 Å². The third kappa shape index (κ3) is 3.11. The summed E-state index contributed by atoms with van der Waals surface area (Å²) in [6.45, 7) is 4.31. The summed E-state index contributed by atoms with van der Waals surface area (Å²) in [7, 11) is 0. The van der Waals surface area contributed by atoms with Crippen molar-refractivity contribution in [3.8, 4) is 0 Å². The average molecular weight is 223 g/mol. The van der Waals surface area contributed by atoms with E-state index in [0.717, 1.165) is 17.1 Å². The van der Waals surface area contributed by atoms with Gasteiger partial charge in [0.2, 0.25) is 0 Å². The molecule has 2 aromatic rings. The van der Waals surface area contributed by atoms with Crippen LogP contribution in [0.15, 0.2) is 67.3 Å². The van der Waals surface area contributed by atoms with Gasteiger partial charge in [-0.05, 0) is 24.3 Å². The number of rotatable bonds is 5. The van der Waals surface area contributed by atoms with Crippen molar-refractivity contribution in [3.05, 3.63) is 67.3 Å². The van der Waals surface area contributed by atoms with Gasteiger partial charge in [-0.2, -0.15) is 0 Å². The number of hydrogen-bond acceptors (Lipinski definition) is 1. The number of nitrogens with zero attached hydrogens (tertiary/aromatic N) is 1. The van der Waals surface area contributed by atoms with Crippen LogP contribution in [0.25, 0.3) is 0 Å². The molecule has 2 nitrogen and oxygen atoms in total. The second kappa shape index (κ2) is 5.75. The van der Waals surface area contributed by atoms with Crippen molar-refractivity contribution in [1.82, 2.24) is 5.32 Å². The van der Waals surface area contributed by atoms with Gasteiger partial charge >= 0.3 is 0 Å². The first kappa shape index (κ1) is 11.3. The molecule has 0 saturated carbocycles. The van der Waals surface area contributed by atoms with Crippen molar-refractivity contribution < 1.29 is 0 Å². The lowest BCUT2D eigenvalue weighted by atomic mass is 10.2. The third-order valence-electron chi connectivity index (χ3n) is 2.35. The highest BCUT2D eigenvalue weighted by atomic mass is 14.9. The zero-order valence-corrected chi connectivity index (χ0v) is 9.63. The molecule has 2 aromatic carbocycles. The van der Waals surface area contributed by atoms with Crippen LogP contribution in [0.5, 0.6) is 0 Å². The summed E-state index contributed by atoms with van der Waals surface area (Å²) < 4.78 is 0. The highest BCUT2D eigenvalue weighted by molar-refractivity contribution is 5.71. The first-order valence-electron chi connectivity index (χ1n) is 5.59. The van der Waals surface area contributed by atoms with Crippen molar-refractivity contribution in [2.24, 2.45) is 0 Å². The molecule has 1 N–H and O–H groups in total. The molecule has 0 aliphatic carbocycles. The van der Waals surface area contributed by atoms with Crippen LogP contribution in [0.4, 0.5) is 17.1 Å². The second-order valence-electron chi connectivity index (χ2n) is 3.64. The third-order valence-corrected chi connectivity index (χ3v) is 2.35. The fraction of sp³-hybridized carbons (Fsp3) is 0.0667. The summed E-state index contributed by atoms with van der Waals surface area (Å²) in [5.74, 6) is 0. The van der Waals surface area contributed by atoms with Crippen LogP contribution < -0.4 is 10.6 Å². The van der Waals surface area contributed by atoms with E-state index in [0.29, 0.717) is 6.54 Å². The maximum atomic E-state index is 4.44. The topological polar surface area (TPSA) is 26.1 Å². The number of anilines is 2. The lowest BCUT2D eigenvalue weighted by Crippen LogP contribution is -2.00. The molecule has 0 saturated heterocycles. The minimum atomic E-state index is 0.632. The Labute approximate surface area is 102 Å². The first-order valence-corrected chi connectivity index (χ1v) is 5.59. The van der Waals surface area contributed by atoms with Gasteiger partial charge in [0.1, 0.15) is 0 Å². The smallest absolute Gasteiger partial charge is 0.0812 e. The Morgan fingerprint density at radius 3 is 2.47 bits per heavy atom. The Balaban J connectivity index is 2.17. The van der Waals surface area contributed by atoms with E-state index in [-0.39, 0.29) is 0 Å². The molecule has 0 spiro atoms. The van der Waals surface area contributed by atoms with E-state index in [1.165, 1.54) is 0 Å². The van der Waals surface area contributed by atoms with Crippen molar-refractivity contribution in [2.45, 2.75) is 0 Å². The van der Waals surface area contributed by atoms with Crippen LogP contribution in [-0.4, -0.2) is 6.54 Å². The van der Waals surface area contributed by atoms with Gasteiger partial charge in [-0.1, -0.05) is 36.4 Å². The van der Waals surface area contributed by atoms with Crippen LogP contribution in [0.1, 0.15) is 0 Å². The van der Waals surface area contributed by atoms with Crippen LogP contribution >= 0.6 is 0 Å². The van der Waals surface area contributed by atoms with Crippen molar-refractivity contribution in [2.75, 3.05) is 11.9 Å². The monoisotopic (exact) mass is 223 g/mol. The zero-order chi connectivity index (χ0) is 11.9. The molecule has 0 unspecified atom stereocenters. The molecule has 85 valence electrons. The molecule has 0 atom stereocenters. The molecule has 0 amide bonds. The van der Waals surface area contributed by atoms with E-state index in [4.69, 9.17) is 0 Å². The molecule has 1 radical (unpaired) electrons. The van der Waals surface area contributed by atoms with Gasteiger partial charge in [0.25, 0.3) is 0 Å². The van der Waals surface area contributed by atoms with Crippen LogP contribution in [0.2, 0.25) is 0 Å². The SMILES string of the molecule is C=CC[N]c1ccccc1Nc1ccccc1. The molecule has 0 aromatic heterocycles. The van der Waals surface area contributed by atoms with Crippen LogP contribution in [0, 0.1) is 0 Å². The Hall–Kier alpha value is -2.22. The van der Waals surface area contributed by atoms with E-state index in [2.05, 4.69) is 17.2 Å². The fourth-order valence-corrected chi connectivity index (χ4v) is 1.56. The number of nitrogens with one attached hydrogen (secondary N) is 1.